The molecule has 0 aliphatic carbocycles. The number of hydrogen-bond donors (Lipinski definition) is 1. The molecule has 2 aliphatic heterocycles. The number of nitrogens with one attached hydrogen (secondary N) is 1. The van der Waals surface area contributed by atoms with Crippen LogP contribution in [0.5, 0.6) is 0 Å². The Morgan fingerprint density at radius 2 is 2.33 bits per heavy atom. The summed E-state index contributed by atoms with van der Waals surface area (Å²) < 4.78 is 5.74. The second-order valence-corrected chi connectivity index (χ2v) is 7.89. The smallest absolute Gasteiger partial charge is 0.236 e. The van der Waals surface area contributed by atoms with Crippen LogP contribution < -0.4 is 5.32 Å². The fourth-order valence-corrected chi connectivity index (χ4v) is 4.43. The number of aromatic nitrogens is 1. The lowest BCUT2D eigenvalue weighted by Gasteiger charge is -2.41. The number of rotatable bonds is 4. The average molecular weight is 388 g/mol. The SMILES string of the molecule is Cc1oc(-c2ccsc2)nc1CC(=O)N1CCCC(N2CCNCC2=O)C1. The summed E-state index contributed by atoms with van der Waals surface area (Å²) in [5.74, 6) is 1.44. The lowest BCUT2D eigenvalue weighted by molar-refractivity contribution is -0.140. The highest BCUT2D eigenvalue weighted by atomic mass is 32.1. The van der Waals surface area contributed by atoms with Crippen LogP contribution in [0, 0.1) is 6.92 Å². The molecule has 2 saturated heterocycles. The van der Waals surface area contributed by atoms with Crippen molar-refractivity contribution < 1.29 is 14.0 Å². The van der Waals surface area contributed by atoms with Gasteiger partial charge in [-0.05, 0) is 31.2 Å². The second-order valence-electron chi connectivity index (χ2n) is 7.11. The van der Waals surface area contributed by atoms with Crippen molar-refractivity contribution in [3.8, 4) is 11.5 Å². The lowest BCUT2D eigenvalue weighted by Crippen LogP contribution is -2.57. The highest BCUT2D eigenvalue weighted by Crippen LogP contribution is 2.25. The van der Waals surface area contributed by atoms with Gasteiger partial charge in [0.2, 0.25) is 17.7 Å². The van der Waals surface area contributed by atoms with Gasteiger partial charge >= 0.3 is 0 Å². The molecule has 2 aliphatic rings. The van der Waals surface area contributed by atoms with Crippen LogP contribution in [0.3, 0.4) is 0 Å². The molecule has 2 amide bonds. The Hall–Kier alpha value is -2.19. The van der Waals surface area contributed by atoms with Crippen molar-refractivity contribution in [2.45, 2.75) is 32.2 Å². The molecule has 4 heterocycles. The molecule has 0 spiro atoms. The molecule has 7 nitrogen and oxygen atoms in total. The molecular formula is C19H24N4O3S. The highest BCUT2D eigenvalue weighted by Gasteiger charge is 2.32. The molecule has 144 valence electrons. The van der Waals surface area contributed by atoms with E-state index in [1.54, 1.807) is 11.3 Å². The highest BCUT2D eigenvalue weighted by molar-refractivity contribution is 7.08. The first-order valence-electron chi connectivity index (χ1n) is 9.38. The van der Waals surface area contributed by atoms with Crippen LogP contribution >= 0.6 is 11.3 Å². The normalized spacial score (nSPS) is 20.9. The molecule has 1 atom stereocenters. The van der Waals surface area contributed by atoms with E-state index >= 15 is 0 Å². The van der Waals surface area contributed by atoms with E-state index in [1.165, 1.54) is 0 Å². The van der Waals surface area contributed by atoms with Crippen molar-refractivity contribution in [3.63, 3.8) is 0 Å². The molecule has 2 aromatic rings. The van der Waals surface area contributed by atoms with E-state index in [2.05, 4.69) is 10.3 Å². The summed E-state index contributed by atoms with van der Waals surface area (Å²) in [6.07, 6.45) is 2.12. The van der Waals surface area contributed by atoms with Gasteiger partial charge < -0.3 is 19.5 Å². The van der Waals surface area contributed by atoms with E-state index < -0.39 is 0 Å². The van der Waals surface area contributed by atoms with Crippen LogP contribution in [-0.2, 0) is 16.0 Å². The van der Waals surface area contributed by atoms with Gasteiger partial charge in [-0.25, -0.2) is 4.98 Å². The summed E-state index contributed by atoms with van der Waals surface area (Å²) in [7, 11) is 0. The predicted molar refractivity (Wildman–Crippen MR) is 102 cm³/mol. The monoisotopic (exact) mass is 388 g/mol. The lowest BCUT2D eigenvalue weighted by atomic mass is 10.0. The van der Waals surface area contributed by atoms with Gasteiger partial charge in [0.25, 0.3) is 0 Å². The van der Waals surface area contributed by atoms with Gasteiger partial charge in [-0.3, -0.25) is 9.59 Å². The topological polar surface area (TPSA) is 78.7 Å². The van der Waals surface area contributed by atoms with E-state index in [9.17, 15) is 9.59 Å². The Labute approximate surface area is 162 Å². The van der Waals surface area contributed by atoms with Gasteiger partial charge in [0.05, 0.1) is 18.7 Å². The van der Waals surface area contributed by atoms with E-state index in [1.807, 2.05) is 33.6 Å². The van der Waals surface area contributed by atoms with Crippen molar-refractivity contribution in [3.05, 3.63) is 28.3 Å². The Balaban J connectivity index is 1.41. The minimum atomic E-state index is 0.0514. The molecule has 0 bridgehead atoms. The summed E-state index contributed by atoms with van der Waals surface area (Å²) in [6.45, 7) is 5.14. The number of aryl methyl sites for hydroxylation is 1. The van der Waals surface area contributed by atoms with Crippen molar-refractivity contribution >= 4 is 23.2 Å². The third kappa shape index (κ3) is 3.91. The number of nitrogens with zero attached hydrogens (tertiary/aromatic N) is 3. The van der Waals surface area contributed by atoms with Crippen molar-refractivity contribution in [1.29, 1.82) is 0 Å². The summed E-state index contributed by atoms with van der Waals surface area (Å²) >= 11 is 1.59. The minimum absolute atomic E-state index is 0.0514. The maximum atomic E-state index is 12.9. The van der Waals surface area contributed by atoms with E-state index in [-0.39, 0.29) is 24.3 Å². The van der Waals surface area contributed by atoms with Crippen LogP contribution in [0.25, 0.3) is 11.5 Å². The summed E-state index contributed by atoms with van der Waals surface area (Å²) in [5, 5.41) is 7.06. The number of hydrogen-bond acceptors (Lipinski definition) is 6. The van der Waals surface area contributed by atoms with Crippen LogP contribution in [0.1, 0.15) is 24.3 Å². The first kappa shape index (κ1) is 18.2. The quantitative estimate of drug-likeness (QED) is 0.862. The van der Waals surface area contributed by atoms with Gasteiger partial charge in [0.1, 0.15) is 5.76 Å². The molecule has 0 aromatic carbocycles. The van der Waals surface area contributed by atoms with Crippen molar-refractivity contribution in [1.82, 2.24) is 20.1 Å². The number of oxazole rings is 1. The Kier molecular flexibility index (Phi) is 5.27. The molecule has 27 heavy (non-hydrogen) atoms. The first-order chi connectivity index (χ1) is 13.1. The molecule has 2 fully saturated rings. The Morgan fingerprint density at radius 3 is 3.11 bits per heavy atom. The molecular weight excluding hydrogens is 364 g/mol. The van der Waals surface area contributed by atoms with Crippen LogP contribution in [0.4, 0.5) is 0 Å². The van der Waals surface area contributed by atoms with Crippen LogP contribution in [0.2, 0.25) is 0 Å². The molecule has 2 aromatic heterocycles. The minimum Gasteiger partial charge on any atom is -0.441 e. The summed E-state index contributed by atoms with van der Waals surface area (Å²) in [5.41, 5.74) is 1.64. The molecule has 0 radical (unpaired) electrons. The molecule has 8 heteroatoms. The fraction of sp³-hybridized carbons (Fsp3) is 0.526. The van der Waals surface area contributed by atoms with E-state index in [0.717, 1.165) is 38.0 Å². The molecule has 1 N–H and O–H groups in total. The van der Waals surface area contributed by atoms with Crippen LogP contribution in [-0.4, -0.2) is 65.4 Å². The number of piperazine rings is 1. The Bertz CT molecular complexity index is 817. The van der Waals surface area contributed by atoms with Gasteiger partial charge in [-0.1, -0.05) is 0 Å². The number of likely N-dealkylation sites (tertiary alicyclic amines) is 1. The van der Waals surface area contributed by atoms with Gasteiger partial charge in [-0.15, -0.1) is 0 Å². The zero-order valence-corrected chi connectivity index (χ0v) is 16.3. The number of amides is 2. The maximum absolute atomic E-state index is 12.9. The maximum Gasteiger partial charge on any atom is 0.236 e. The number of piperidine rings is 1. The first-order valence-corrected chi connectivity index (χ1v) is 10.3. The standard InChI is InChI=1S/C19H24N4O3S/c1-13-16(21-19(26-13)14-4-8-27-12-14)9-17(24)22-6-2-3-15(11-22)23-7-5-20-10-18(23)25/h4,8,12,15,20H,2-3,5-7,9-11H2,1H3. The van der Waals surface area contributed by atoms with Gasteiger partial charge in [0, 0.05) is 43.2 Å². The third-order valence-electron chi connectivity index (χ3n) is 5.30. The number of carbonyl (C=O) groups is 2. The van der Waals surface area contributed by atoms with Gasteiger partial charge in [0.15, 0.2) is 0 Å². The van der Waals surface area contributed by atoms with E-state index in [0.29, 0.717) is 30.4 Å². The molecule has 4 rings (SSSR count). The fourth-order valence-electron chi connectivity index (χ4n) is 3.80. The largest absolute Gasteiger partial charge is 0.441 e. The van der Waals surface area contributed by atoms with Crippen molar-refractivity contribution in [2.24, 2.45) is 0 Å². The third-order valence-corrected chi connectivity index (χ3v) is 5.98. The summed E-state index contributed by atoms with van der Waals surface area (Å²) in [4.78, 5) is 33.4. The van der Waals surface area contributed by atoms with Gasteiger partial charge in [-0.2, -0.15) is 11.3 Å². The zero-order valence-electron chi connectivity index (χ0n) is 15.4. The second kappa shape index (κ2) is 7.82. The van der Waals surface area contributed by atoms with E-state index in [4.69, 9.17) is 4.42 Å². The molecule has 0 saturated carbocycles. The average Bonchev–Trinajstić information content (AvgIpc) is 3.33. The Morgan fingerprint density at radius 1 is 1.44 bits per heavy atom. The molecule has 1 unspecified atom stereocenters. The van der Waals surface area contributed by atoms with Crippen LogP contribution in [0.15, 0.2) is 21.2 Å². The number of carbonyl (C=O) groups excluding carboxylic acids is 2. The number of thiophene rings is 1. The zero-order chi connectivity index (χ0) is 18.8. The summed E-state index contributed by atoms with van der Waals surface area (Å²) in [6, 6.07) is 2.08. The predicted octanol–water partition coefficient (Wildman–Crippen LogP) is 1.68. The van der Waals surface area contributed by atoms with Crippen molar-refractivity contribution in [2.75, 3.05) is 32.7 Å².